The summed E-state index contributed by atoms with van der Waals surface area (Å²) >= 11 is 5.13. The Morgan fingerprint density at radius 3 is 2.64 bits per heavy atom. The Bertz CT molecular complexity index is 716. The van der Waals surface area contributed by atoms with Gasteiger partial charge >= 0.3 is 0 Å². The van der Waals surface area contributed by atoms with E-state index in [9.17, 15) is 14.4 Å². The molecule has 0 aromatic heterocycles. The van der Waals surface area contributed by atoms with Gasteiger partial charge in [-0.3, -0.25) is 30.1 Å². The monoisotopic (exact) mass is 360 g/mol. The Morgan fingerprint density at radius 2 is 1.88 bits per heavy atom. The molecule has 0 unspecified atom stereocenters. The molecule has 3 amide bonds. The van der Waals surface area contributed by atoms with Gasteiger partial charge < -0.3 is 5.32 Å². The minimum Gasteiger partial charge on any atom is -0.359 e. The van der Waals surface area contributed by atoms with Crippen LogP contribution in [0.25, 0.3) is 0 Å². The van der Waals surface area contributed by atoms with Crippen LogP contribution in [0.1, 0.15) is 41.6 Å². The van der Waals surface area contributed by atoms with Crippen molar-refractivity contribution in [3.63, 3.8) is 0 Å². The van der Waals surface area contributed by atoms with E-state index in [0.717, 1.165) is 17.7 Å². The predicted octanol–water partition coefficient (Wildman–Crippen LogP) is 0.649. The van der Waals surface area contributed by atoms with Gasteiger partial charge in [-0.15, -0.1) is 0 Å². The van der Waals surface area contributed by atoms with Crippen molar-refractivity contribution >= 4 is 35.1 Å². The molecule has 7 nitrogen and oxygen atoms in total. The van der Waals surface area contributed by atoms with Gasteiger partial charge in [0.2, 0.25) is 5.91 Å². The second-order valence-electron chi connectivity index (χ2n) is 6.25. The topological polar surface area (TPSA) is 90.5 Å². The highest BCUT2D eigenvalue weighted by Crippen LogP contribution is 2.19. The number of amides is 3. The Balaban J connectivity index is 1.51. The van der Waals surface area contributed by atoms with Crippen molar-refractivity contribution in [2.45, 2.75) is 38.1 Å². The summed E-state index contributed by atoms with van der Waals surface area (Å²) in [7, 11) is 0. The number of hydrogen-bond acceptors (Lipinski definition) is 4. The summed E-state index contributed by atoms with van der Waals surface area (Å²) < 4.78 is 0. The van der Waals surface area contributed by atoms with E-state index in [0.29, 0.717) is 22.3 Å². The van der Waals surface area contributed by atoms with Crippen molar-refractivity contribution in [3.05, 3.63) is 35.4 Å². The van der Waals surface area contributed by atoms with E-state index in [1.54, 1.807) is 24.3 Å². The number of thiocarbonyl (C=S) groups is 1. The number of nitrogens with one attached hydrogen (secondary N) is 3. The molecule has 0 bridgehead atoms. The van der Waals surface area contributed by atoms with Crippen LogP contribution in [0.3, 0.4) is 0 Å². The van der Waals surface area contributed by atoms with Crippen LogP contribution in [-0.2, 0) is 16.0 Å². The third-order valence-electron chi connectivity index (χ3n) is 4.44. The molecule has 1 aromatic carbocycles. The normalized spacial score (nSPS) is 17.2. The summed E-state index contributed by atoms with van der Waals surface area (Å²) in [5.74, 6) is -1.34. The minimum absolute atomic E-state index is 0.115. The number of benzene rings is 1. The van der Waals surface area contributed by atoms with Gasteiger partial charge in [-0.05, 0) is 36.7 Å². The van der Waals surface area contributed by atoms with Crippen LogP contribution in [0.15, 0.2) is 24.3 Å². The average Bonchev–Trinajstić information content (AvgIpc) is 3.10. The minimum atomic E-state index is -0.503. The van der Waals surface area contributed by atoms with Crippen LogP contribution in [-0.4, -0.2) is 40.3 Å². The zero-order chi connectivity index (χ0) is 17.8. The number of hydrogen-bond donors (Lipinski definition) is 3. The van der Waals surface area contributed by atoms with Crippen LogP contribution in [0.4, 0.5) is 0 Å². The number of rotatable bonds is 3. The first-order valence-corrected chi connectivity index (χ1v) is 8.73. The summed E-state index contributed by atoms with van der Waals surface area (Å²) in [5.41, 5.74) is 6.20. The second-order valence-corrected chi connectivity index (χ2v) is 6.66. The van der Waals surface area contributed by atoms with Gasteiger partial charge in [0.05, 0.1) is 6.42 Å². The van der Waals surface area contributed by atoms with Gasteiger partial charge in [-0.25, -0.2) is 0 Å². The average molecular weight is 360 g/mol. The van der Waals surface area contributed by atoms with Crippen LogP contribution in [0, 0.1) is 0 Å². The van der Waals surface area contributed by atoms with E-state index in [1.807, 2.05) is 0 Å². The van der Waals surface area contributed by atoms with E-state index in [1.165, 1.54) is 12.8 Å². The van der Waals surface area contributed by atoms with Crippen LogP contribution in [0.2, 0.25) is 0 Å². The lowest BCUT2D eigenvalue weighted by Gasteiger charge is -2.26. The van der Waals surface area contributed by atoms with Gasteiger partial charge in [-0.2, -0.15) is 0 Å². The van der Waals surface area contributed by atoms with E-state index in [-0.39, 0.29) is 18.9 Å². The Kier molecular flexibility index (Phi) is 5.28. The summed E-state index contributed by atoms with van der Waals surface area (Å²) in [6.45, 7) is -0.342. The molecule has 0 spiro atoms. The lowest BCUT2D eigenvalue weighted by atomic mass is 9.98. The lowest BCUT2D eigenvalue weighted by molar-refractivity contribution is -0.133. The maximum absolute atomic E-state index is 12.4. The number of fused-ring (bicyclic) bond motifs is 1. The number of nitrogens with zero attached hydrogens (tertiary/aromatic N) is 1. The van der Waals surface area contributed by atoms with Crippen LogP contribution in [0.5, 0.6) is 0 Å². The molecule has 1 heterocycles. The lowest BCUT2D eigenvalue weighted by Crippen LogP contribution is -2.53. The molecule has 132 valence electrons. The maximum atomic E-state index is 12.4. The Morgan fingerprint density at radius 1 is 1.16 bits per heavy atom. The number of carbonyl (C=O) groups excluding carboxylic acids is 3. The maximum Gasteiger partial charge on any atom is 0.261 e. The number of carbonyl (C=O) groups is 3. The molecule has 3 N–H and O–H groups in total. The molecule has 8 heteroatoms. The van der Waals surface area contributed by atoms with Gasteiger partial charge in [0.25, 0.3) is 11.8 Å². The highest BCUT2D eigenvalue weighted by molar-refractivity contribution is 7.80. The third kappa shape index (κ3) is 4.14. The van der Waals surface area contributed by atoms with Crippen molar-refractivity contribution < 1.29 is 14.4 Å². The molecule has 1 saturated carbocycles. The van der Waals surface area contributed by atoms with E-state index in [4.69, 9.17) is 12.2 Å². The molecule has 2 aliphatic rings. The number of hydrazine groups is 1. The molecular formula is C17H20N4O3S. The first-order chi connectivity index (χ1) is 12.0. The molecule has 0 atom stereocenters. The number of imide groups is 1. The van der Waals surface area contributed by atoms with Gasteiger partial charge in [0.15, 0.2) is 5.11 Å². The largest absolute Gasteiger partial charge is 0.359 e. The van der Waals surface area contributed by atoms with Crippen molar-refractivity contribution in [1.82, 2.24) is 21.1 Å². The Hall–Kier alpha value is -2.48. The van der Waals surface area contributed by atoms with Crippen molar-refractivity contribution in [1.29, 1.82) is 0 Å². The molecule has 1 aliphatic carbocycles. The second kappa shape index (κ2) is 7.60. The SMILES string of the molecule is O=C(CN1C(=O)Cc2ccccc2C1=O)NNC(=S)NC1CCCC1. The molecule has 0 radical (unpaired) electrons. The first-order valence-electron chi connectivity index (χ1n) is 8.32. The van der Waals surface area contributed by atoms with Crippen molar-refractivity contribution in [3.8, 4) is 0 Å². The van der Waals surface area contributed by atoms with E-state index in [2.05, 4.69) is 16.2 Å². The standard InChI is InChI=1S/C17H20N4O3S/c22-14(19-20-17(25)18-12-6-2-3-7-12)10-21-15(23)9-11-5-1-4-8-13(11)16(21)24/h1,4-5,8,12H,2-3,6-7,9-10H2,(H,19,22)(H2,18,20,25). The van der Waals surface area contributed by atoms with Crippen molar-refractivity contribution in [2.24, 2.45) is 0 Å². The fourth-order valence-corrected chi connectivity index (χ4v) is 3.38. The van der Waals surface area contributed by atoms with Gasteiger partial charge in [0.1, 0.15) is 6.54 Å². The zero-order valence-electron chi connectivity index (χ0n) is 13.7. The molecule has 1 aliphatic heterocycles. The quantitative estimate of drug-likeness (QED) is 0.417. The molecule has 3 rings (SSSR count). The third-order valence-corrected chi connectivity index (χ3v) is 4.66. The fourth-order valence-electron chi connectivity index (χ4n) is 3.16. The summed E-state index contributed by atoms with van der Waals surface area (Å²) in [6.07, 6.45) is 4.59. The fraction of sp³-hybridized carbons (Fsp3) is 0.412. The molecule has 0 saturated heterocycles. The summed E-state index contributed by atoms with van der Waals surface area (Å²) in [6, 6.07) is 7.26. The zero-order valence-corrected chi connectivity index (χ0v) is 14.5. The van der Waals surface area contributed by atoms with E-state index < -0.39 is 11.8 Å². The molecule has 25 heavy (non-hydrogen) atoms. The van der Waals surface area contributed by atoms with Crippen LogP contribution >= 0.6 is 12.2 Å². The highest BCUT2D eigenvalue weighted by atomic mass is 32.1. The molecular weight excluding hydrogens is 340 g/mol. The first kappa shape index (κ1) is 17.3. The highest BCUT2D eigenvalue weighted by Gasteiger charge is 2.31. The Labute approximate surface area is 151 Å². The summed E-state index contributed by atoms with van der Waals surface area (Å²) in [4.78, 5) is 37.5. The molecule has 1 aromatic rings. The van der Waals surface area contributed by atoms with Crippen LogP contribution < -0.4 is 16.2 Å². The van der Waals surface area contributed by atoms with Gasteiger partial charge in [-0.1, -0.05) is 31.0 Å². The van der Waals surface area contributed by atoms with Gasteiger partial charge in [0, 0.05) is 11.6 Å². The molecule has 1 fully saturated rings. The predicted molar refractivity (Wildman–Crippen MR) is 95.5 cm³/mol. The smallest absolute Gasteiger partial charge is 0.261 e. The summed E-state index contributed by atoms with van der Waals surface area (Å²) in [5, 5.41) is 3.46. The van der Waals surface area contributed by atoms with E-state index >= 15 is 0 Å². The van der Waals surface area contributed by atoms with Crippen molar-refractivity contribution in [2.75, 3.05) is 6.54 Å².